The van der Waals surface area contributed by atoms with Gasteiger partial charge in [0.05, 0.1) is 0 Å². The minimum atomic E-state index is 0.569. The Balaban J connectivity index is 1.94. The topological polar surface area (TPSA) is 15.3 Å². The van der Waals surface area contributed by atoms with Crippen molar-refractivity contribution in [1.29, 1.82) is 0 Å². The minimum Gasteiger partial charge on any atom is -0.368 e. The molecule has 1 atom stereocenters. The molecule has 0 heterocycles. The van der Waals surface area contributed by atoms with Crippen molar-refractivity contribution in [3.63, 3.8) is 0 Å². The predicted octanol–water partition coefficient (Wildman–Crippen LogP) is 3.43. The fraction of sp³-hybridized carbons (Fsp3) is 0.625. The van der Waals surface area contributed by atoms with Gasteiger partial charge in [-0.3, -0.25) is 0 Å². The van der Waals surface area contributed by atoms with Gasteiger partial charge < -0.3 is 10.2 Å². The zero-order chi connectivity index (χ0) is 12.8. The van der Waals surface area contributed by atoms with Crippen LogP contribution in [-0.2, 0) is 0 Å². The maximum Gasteiger partial charge on any atom is 0.0386 e. The van der Waals surface area contributed by atoms with Crippen LogP contribution in [0, 0.1) is 0 Å². The molecule has 1 aromatic carbocycles. The highest BCUT2D eigenvalue weighted by molar-refractivity contribution is 5.46. The van der Waals surface area contributed by atoms with E-state index in [1.165, 1.54) is 31.4 Å². The van der Waals surface area contributed by atoms with Gasteiger partial charge in [0.1, 0.15) is 0 Å². The van der Waals surface area contributed by atoms with Crippen molar-refractivity contribution in [2.24, 2.45) is 0 Å². The van der Waals surface area contributed by atoms with Crippen LogP contribution in [0.25, 0.3) is 0 Å². The second kappa shape index (κ2) is 6.79. The van der Waals surface area contributed by atoms with Crippen LogP contribution in [0.15, 0.2) is 30.3 Å². The van der Waals surface area contributed by atoms with E-state index in [1.807, 2.05) is 0 Å². The van der Waals surface area contributed by atoms with Crippen LogP contribution in [0.5, 0.6) is 0 Å². The van der Waals surface area contributed by atoms with Gasteiger partial charge in [0.15, 0.2) is 0 Å². The molecule has 1 N–H and O–H groups in total. The SMILES string of the molecule is CCCCN(c1ccccc1)C(C)CNC1CC1. The van der Waals surface area contributed by atoms with E-state index in [1.54, 1.807) is 0 Å². The molecule has 2 nitrogen and oxygen atoms in total. The van der Waals surface area contributed by atoms with Crippen LogP contribution in [-0.4, -0.2) is 25.2 Å². The molecule has 1 aliphatic carbocycles. The number of nitrogens with zero attached hydrogens (tertiary/aromatic N) is 1. The number of benzene rings is 1. The molecule has 1 fully saturated rings. The van der Waals surface area contributed by atoms with E-state index < -0.39 is 0 Å². The molecular formula is C16H26N2. The summed E-state index contributed by atoms with van der Waals surface area (Å²) in [6, 6.07) is 12.2. The third-order valence-electron chi connectivity index (χ3n) is 3.65. The molecule has 0 radical (unpaired) electrons. The van der Waals surface area contributed by atoms with Crippen LogP contribution in [0.4, 0.5) is 5.69 Å². The van der Waals surface area contributed by atoms with Crippen molar-refractivity contribution in [1.82, 2.24) is 5.32 Å². The van der Waals surface area contributed by atoms with E-state index in [4.69, 9.17) is 0 Å². The molecule has 100 valence electrons. The summed E-state index contributed by atoms with van der Waals surface area (Å²) >= 11 is 0. The van der Waals surface area contributed by atoms with Gasteiger partial charge in [0.25, 0.3) is 0 Å². The lowest BCUT2D eigenvalue weighted by atomic mass is 10.2. The molecule has 0 saturated heterocycles. The highest BCUT2D eigenvalue weighted by Gasteiger charge is 2.22. The van der Waals surface area contributed by atoms with Gasteiger partial charge in [-0.1, -0.05) is 31.5 Å². The Morgan fingerprint density at radius 1 is 1.28 bits per heavy atom. The first-order valence-corrected chi connectivity index (χ1v) is 7.36. The highest BCUT2D eigenvalue weighted by atomic mass is 15.2. The Morgan fingerprint density at radius 2 is 2.00 bits per heavy atom. The Labute approximate surface area is 111 Å². The molecule has 2 rings (SSSR count). The number of rotatable bonds is 8. The first-order valence-electron chi connectivity index (χ1n) is 7.36. The van der Waals surface area contributed by atoms with Crippen molar-refractivity contribution >= 4 is 5.69 Å². The maximum absolute atomic E-state index is 3.64. The summed E-state index contributed by atoms with van der Waals surface area (Å²) in [5.74, 6) is 0. The van der Waals surface area contributed by atoms with Gasteiger partial charge >= 0.3 is 0 Å². The zero-order valence-corrected chi connectivity index (χ0v) is 11.7. The van der Waals surface area contributed by atoms with Crippen LogP contribution in [0.2, 0.25) is 0 Å². The average molecular weight is 246 g/mol. The maximum atomic E-state index is 3.64. The number of unbranched alkanes of at least 4 members (excludes halogenated alkanes) is 1. The molecule has 18 heavy (non-hydrogen) atoms. The van der Waals surface area contributed by atoms with E-state index >= 15 is 0 Å². The van der Waals surface area contributed by atoms with Gasteiger partial charge in [0.2, 0.25) is 0 Å². The van der Waals surface area contributed by atoms with Crippen LogP contribution in [0.3, 0.4) is 0 Å². The summed E-state index contributed by atoms with van der Waals surface area (Å²) in [6.45, 7) is 6.85. The third kappa shape index (κ3) is 4.02. The summed E-state index contributed by atoms with van der Waals surface area (Å²) in [5, 5.41) is 3.64. The quantitative estimate of drug-likeness (QED) is 0.756. The lowest BCUT2D eigenvalue weighted by Crippen LogP contribution is -2.41. The average Bonchev–Trinajstić information content (AvgIpc) is 3.22. The Hall–Kier alpha value is -1.02. The van der Waals surface area contributed by atoms with Gasteiger partial charge in [-0.25, -0.2) is 0 Å². The smallest absolute Gasteiger partial charge is 0.0386 e. The minimum absolute atomic E-state index is 0.569. The monoisotopic (exact) mass is 246 g/mol. The summed E-state index contributed by atoms with van der Waals surface area (Å²) in [7, 11) is 0. The van der Waals surface area contributed by atoms with Gasteiger partial charge in [0, 0.05) is 30.9 Å². The summed E-state index contributed by atoms with van der Waals surface area (Å²) in [5.41, 5.74) is 1.36. The molecule has 0 aliphatic heterocycles. The second-order valence-electron chi connectivity index (χ2n) is 5.41. The number of hydrogen-bond donors (Lipinski definition) is 1. The van der Waals surface area contributed by atoms with Crippen molar-refractivity contribution in [2.75, 3.05) is 18.0 Å². The van der Waals surface area contributed by atoms with Crippen molar-refractivity contribution in [3.8, 4) is 0 Å². The fourth-order valence-corrected chi connectivity index (χ4v) is 2.29. The van der Waals surface area contributed by atoms with Crippen LogP contribution in [0.1, 0.15) is 39.5 Å². The molecule has 2 heteroatoms. The lowest BCUT2D eigenvalue weighted by molar-refractivity contribution is 0.549. The highest BCUT2D eigenvalue weighted by Crippen LogP contribution is 2.20. The Morgan fingerprint density at radius 3 is 2.61 bits per heavy atom. The number of para-hydroxylation sites is 1. The summed E-state index contributed by atoms with van der Waals surface area (Å²) in [6.07, 6.45) is 5.26. The molecular weight excluding hydrogens is 220 g/mol. The Bertz CT molecular complexity index is 332. The van der Waals surface area contributed by atoms with Gasteiger partial charge in [-0.2, -0.15) is 0 Å². The first kappa shape index (κ1) is 13.4. The van der Waals surface area contributed by atoms with Crippen molar-refractivity contribution in [3.05, 3.63) is 30.3 Å². The molecule has 1 aromatic rings. The van der Waals surface area contributed by atoms with E-state index in [0.29, 0.717) is 6.04 Å². The van der Waals surface area contributed by atoms with Gasteiger partial charge in [-0.05, 0) is 38.3 Å². The van der Waals surface area contributed by atoms with Crippen molar-refractivity contribution < 1.29 is 0 Å². The number of anilines is 1. The fourth-order valence-electron chi connectivity index (χ4n) is 2.29. The standard InChI is InChI=1S/C16H26N2/c1-3-4-12-18(16-8-6-5-7-9-16)14(2)13-17-15-10-11-15/h5-9,14-15,17H,3-4,10-13H2,1-2H3. The van der Waals surface area contributed by atoms with Crippen LogP contribution < -0.4 is 10.2 Å². The third-order valence-corrected chi connectivity index (χ3v) is 3.65. The molecule has 1 unspecified atom stereocenters. The molecule has 0 bridgehead atoms. The normalized spacial score (nSPS) is 16.6. The molecule has 0 aromatic heterocycles. The van der Waals surface area contributed by atoms with Crippen LogP contribution >= 0.6 is 0 Å². The van der Waals surface area contributed by atoms with E-state index in [0.717, 1.165) is 19.1 Å². The second-order valence-corrected chi connectivity index (χ2v) is 5.41. The zero-order valence-electron chi connectivity index (χ0n) is 11.7. The predicted molar refractivity (Wildman–Crippen MR) is 79.2 cm³/mol. The molecule has 1 aliphatic rings. The molecule has 0 spiro atoms. The summed E-state index contributed by atoms with van der Waals surface area (Å²) < 4.78 is 0. The molecule has 0 amide bonds. The van der Waals surface area contributed by atoms with E-state index in [9.17, 15) is 0 Å². The first-order chi connectivity index (χ1) is 8.81. The van der Waals surface area contributed by atoms with Gasteiger partial charge in [-0.15, -0.1) is 0 Å². The largest absolute Gasteiger partial charge is 0.368 e. The van der Waals surface area contributed by atoms with E-state index in [-0.39, 0.29) is 0 Å². The van der Waals surface area contributed by atoms with E-state index in [2.05, 4.69) is 54.4 Å². The Kier molecular flexibility index (Phi) is 5.06. The lowest BCUT2D eigenvalue weighted by Gasteiger charge is -2.31. The molecule has 1 saturated carbocycles. The van der Waals surface area contributed by atoms with Crippen molar-refractivity contribution in [2.45, 2.75) is 51.6 Å². The summed E-state index contributed by atoms with van der Waals surface area (Å²) in [4.78, 5) is 2.54. The number of hydrogen-bond acceptors (Lipinski definition) is 2. The number of nitrogens with one attached hydrogen (secondary N) is 1.